The van der Waals surface area contributed by atoms with Crippen LogP contribution in [0.2, 0.25) is 0 Å². The van der Waals surface area contributed by atoms with Gasteiger partial charge in [0.2, 0.25) is 21.8 Å². The number of hydrogen-bond donors (Lipinski definition) is 1. The Balaban J connectivity index is 2.37. The molecule has 0 spiro atoms. The second-order valence-corrected chi connectivity index (χ2v) is 6.87. The van der Waals surface area contributed by atoms with Crippen LogP contribution >= 0.6 is 15.9 Å². The number of carbonyl (C=O) groups is 2. The summed E-state index contributed by atoms with van der Waals surface area (Å²) in [6.45, 7) is 1.10. The normalized spacial score (nSPS) is 20.8. The molecule has 1 aromatic carbocycles. The first-order chi connectivity index (χ1) is 9.36. The molecule has 2 amide bonds. The van der Waals surface area contributed by atoms with E-state index in [1.165, 1.54) is 19.1 Å². The molecule has 1 aromatic rings. The highest BCUT2D eigenvalue weighted by Crippen LogP contribution is 2.21. The number of benzene rings is 1. The van der Waals surface area contributed by atoms with Gasteiger partial charge in [0.25, 0.3) is 0 Å². The van der Waals surface area contributed by atoms with Crippen molar-refractivity contribution in [1.82, 2.24) is 9.62 Å². The van der Waals surface area contributed by atoms with E-state index in [9.17, 15) is 18.0 Å². The fraction of sp³-hybridized carbons (Fsp3) is 0.333. The fourth-order valence-electron chi connectivity index (χ4n) is 1.87. The number of nitrogens with one attached hydrogen (secondary N) is 1. The molecule has 0 radical (unpaired) electrons. The Labute approximate surface area is 125 Å². The van der Waals surface area contributed by atoms with Crippen molar-refractivity contribution in [2.24, 2.45) is 0 Å². The molecule has 0 aliphatic carbocycles. The minimum atomic E-state index is -3.87. The molecule has 0 bridgehead atoms. The molecule has 1 aliphatic heterocycles. The van der Waals surface area contributed by atoms with Gasteiger partial charge in [-0.05, 0) is 24.6 Å². The second kappa shape index (κ2) is 5.63. The number of nitrogens with zero attached hydrogens (tertiary/aromatic N) is 1. The van der Waals surface area contributed by atoms with Gasteiger partial charge in [0.05, 0.1) is 11.4 Å². The minimum absolute atomic E-state index is 0.0663. The maximum absolute atomic E-state index is 12.5. The zero-order valence-corrected chi connectivity index (χ0v) is 13.1. The van der Waals surface area contributed by atoms with Crippen LogP contribution in [-0.4, -0.2) is 37.1 Å². The lowest BCUT2D eigenvalue weighted by Crippen LogP contribution is -2.58. The molecule has 20 heavy (non-hydrogen) atoms. The molecule has 1 unspecified atom stereocenters. The van der Waals surface area contributed by atoms with Crippen LogP contribution in [-0.2, 0) is 24.9 Å². The number of imide groups is 1. The van der Waals surface area contributed by atoms with Crippen molar-refractivity contribution < 1.29 is 18.0 Å². The first-order valence-corrected chi connectivity index (χ1v) is 8.43. The van der Waals surface area contributed by atoms with E-state index in [1.54, 1.807) is 12.1 Å². The van der Waals surface area contributed by atoms with Crippen molar-refractivity contribution >= 4 is 37.8 Å². The summed E-state index contributed by atoms with van der Waals surface area (Å²) in [6, 6.07) is 5.38. The van der Waals surface area contributed by atoms with Gasteiger partial charge in [-0.1, -0.05) is 28.1 Å². The van der Waals surface area contributed by atoms with Crippen molar-refractivity contribution in [3.8, 4) is 0 Å². The van der Waals surface area contributed by atoms with Crippen LogP contribution in [0.25, 0.3) is 0 Å². The predicted octanol–water partition coefficient (Wildman–Crippen LogP) is 0.617. The fourth-order valence-corrected chi connectivity index (χ4v) is 3.79. The van der Waals surface area contributed by atoms with Gasteiger partial charge in [0.1, 0.15) is 6.04 Å². The predicted molar refractivity (Wildman–Crippen MR) is 75.6 cm³/mol. The average Bonchev–Trinajstić information content (AvgIpc) is 2.42. The first-order valence-electron chi connectivity index (χ1n) is 5.86. The number of carbonyl (C=O) groups excluding carboxylic acids is 2. The van der Waals surface area contributed by atoms with Crippen LogP contribution < -0.4 is 5.32 Å². The Bertz CT molecular complexity index is 642. The maximum Gasteiger partial charge on any atom is 0.244 e. The molecule has 1 atom stereocenters. The van der Waals surface area contributed by atoms with Crippen LogP contribution in [0.3, 0.4) is 0 Å². The minimum Gasteiger partial charge on any atom is -0.294 e. The topological polar surface area (TPSA) is 83.6 Å². The summed E-state index contributed by atoms with van der Waals surface area (Å²) in [5, 5.41) is 2.73. The molecule has 0 saturated carbocycles. The number of halogens is 1. The van der Waals surface area contributed by atoms with Crippen LogP contribution in [0.15, 0.2) is 29.2 Å². The Morgan fingerprint density at radius 2 is 1.90 bits per heavy atom. The molecule has 1 saturated heterocycles. The van der Waals surface area contributed by atoms with Crippen LogP contribution in [0.4, 0.5) is 0 Å². The van der Waals surface area contributed by atoms with Gasteiger partial charge in [-0.3, -0.25) is 14.9 Å². The molecule has 108 valence electrons. The maximum atomic E-state index is 12.5. The quantitative estimate of drug-likeness (QED) is 0.632. The van der Waals surface area contributed by atoms with Crippen molar-refractivity contribution in [3.05, 3.63) is 29.8 Å². The largest absolute Gasteiger partial charge is 0.294 e. The summed E-state index contributed by atoms with van der Waals surface area (Å²) in [4.78, 5) is 23.0. The summed E-state index contributed by atoms with van der Waals surface area (Å²) in [5.41, 5.74) is 0.935. The third-order valence-corrected chi connectivity index (χ3v) is 5.64. The first kappa shape index (κ1) is 15.1. The molecule has 8 heteroatoms. The summed E-state index contributed by atoms with van der Waals surface area (Å²) in [5.74, 6) is -1.23. The molecule has 1 aliphatic rings. The zero-order valence-electron chi connectivity index (χ0n) is 10.7. The molecule has 2 rings (SSSR count). The van der Waals surface area contributed by atoms with Crippen molar-refractivity contribution in [2.75, 3.05) is 6.54 Å². The molecular weight excluding hydrogens is 348 g/mol. The number of alkyl halides is 1. The van der Waals surface area contributed by atoms with Crippen LogP contribution in [0.5, 0.6) is 0 Å². The van der Waals surface area contributed by atoms with Gasteiger partial charge in [-0.25, -0.2) is 8.42 Å². The second-order valence-electron chi connectivity index (χ2n) is 4.42. The van der Waals surface area contributed by atoms with Crippen LogP contribution in [0, 0.1) is 0 Å². The van der Waals surface area contributed by atoms with E-state index in [1.807, 2.05) is 0 Å². The van der Waals surface area contributed by atoms with Gasteiger partial charge >= 0.3 is 0 Å². The van der Waals surface area contributed by atoms with Crippen molar-refractivity contribution in [1.29, 1.82) is 0 Å². The van der Waals surface area contributed by atoms with Gasteiger partial charge in [0.15, 0.2) is 0 Å². The summed E-state index contributed by atoms with van der Waals surface area (Å²) >= 11 is 3.28. The third-order valence-electron chi connectivity index (χ3n) is 3.06. The molecular formula is C12H13BrN2O4S. The lowest BCUT2D eigenvalue weighted by molar-refractivity contribution is -0.136. The van der Waals surface area contributed by atoms with E-state index < -0.39 is 27.9 Å². The van der Waals surface area contributed by atoms with E-state index in [2.05, 4.69) is 21.2 Å². The SMILES string of the molecule is CC1C(=O)NC(=O)CN1S(=O)(=O)c1ccc(CBr)cc1. The Kier molecular flexibility index (Phi) is 4.26. The molecule has 1 heterocycles. The average molecular weight is 361 g/mol. The van der Waals surface area contributed by atoms with Gasteiger partial charge in [-0.2, -0.15) is 4.31 Å². The molecule has 1 fully saturated rings. The Morgan fingerprint density at radius 3 is 2.45 bits per heavy atom. The number of hydrogen-bond acceptors (Lipinski definition) is 4. The Hall–Kier alpha value is -1.25. The molecule has 6 nitrogen and oxygen atoms in total. The Morgan fingerprint density at radius 1 is 1.30 bits per heavy atom. The van der Waals surface area contributed by atoms with Crippen molar-refractivity contribution in [3.63, 3.8) is 0 Å². The number of amides is 2. The highest BCUT2D eigenvalue weighted by Gasteiger charge is 2.38. The van der Waals surface area contributed by atoms with Crippen molar-refractivity contribution in [2.45, 2.75) is 23.2 Å². The lowest BCUT2D eigenvalue weighted by atomic mass is 10.2. The summed E-state index contributed by atoms with van der Waals surface area (Å²) in [7, 11) is -3.87. The summed E-state index contributed by atoms with van der Waals surface area (Å²) in [6.07, 6.45) is 0. The number of sulfonamides is 1. The third kappa shape index (κ3) is 2.77. The van der Waals surface area contributed by atoms with E-state index in [0.29, 0.717) is 5.33 Å². The smallest absolute Gasteiger partial charge is 0.244 e. The molecule has 0 aromatic heterocycles. The van der Waals surface area contributed by atoms with Gasteiger partial charge in [0, 0.05) is 5.33 Å². The standard InChI is InChI=1S/C12H13BrN2O4S/c1-8-12(17)14-11(16)7-15(8)20(18,19)10-4-2-9(6-13)3-5-10/h2-5,8H,6-7H2,1H3,(H,14,16,17). The number of piperazine rings is 1. The zero-order chi connectivity index (χ0) is 14.9. The highest BCUT2D eigenvalue weighted by atomic mass is 79.9. The lowest BCUT2D eigenvalue weighted by Gasteiger charge is -2.30. The highest BCUT2D eigenvalue weighted by molar-refractivity contribution is 9.08. The van der Waals surface area contributed by atoms with E-state index in [4.69, 9.17) is 0 Å². The molecule has 1 N–H and O–H groups in total. The van der Waals surface area contributed by atoms with E-state index in [-0.39, 0.29) is 11.4 Å². The van der Waals surface area contributed by atoms with E-state index >= 15 is 0 Å². The van der Waals surface area contributed by atoms with E-state index in [0.717, 1.165) is 9.87 Å². The van der Waals surface area contributed by atoms with Crippen LogP contribution in [0.1, 0.15) is 12.5 Å². The number of rotatable bonds is 3. The van der Waals surface area contributed by atoms with Gasteiger partial charge in [-0.15, -0.1) is 0 Å². The monoisotopic (exact) mass is 360 g/mol. The summed E-state index contributed by atoms with van der Waals surface area (Å²) < 4.78 is 25.9. The van der Waals surface area contributed by atoms with Gasteiger partial charge < -0.3 is 0 Å².